The second-order valence-corrected chi connectivity index (χ2v) is 7.13. The number of benzene rings is 2. The molecule has 3 aromatic rings. The predicted molar refractivity (Wildman–Crippen MR) is 114 cm³/mol. The monoisotopic (exact) mass is 404 g/mol. The Labute approximate surface area is 175 Å². The van der Waals surface area contributed by atoms with Crippen molar-refractivity contribution in [2.45, 2.75) is 33.0 Å². The summed E-state index contributed by atoms with van der Waals surface area (Å²) in [7, 11) is 0. The van der Waals surface area contributed by atoms with E-state index in [1.807, 2.05) is 56.3 Å². The summed E-state index contributed by atoms with van der Waals surface area (Å²) < 4.78 is 17.3. The molecule has 2 heterocycles. The van der Waals surface area contributed by atoms with Crippen LogP contribution in [-0.4, -0.2) is 23.6 Å². The first-order valence-corrected chi connectivity index (χ1v) is 10.0. The van der Waals surface area contributed by atoms with Crippen LogP contribution in [0.2, 0.25) is 0 Å². The van der Waals surface area contributed by atoms with E-state index < -0.39 is 0 Å². The molecule has 154 valence electrons. The van der Waals surface area contributed by atoms with Gasteiger partial charge in [0, 0.05) is 35.9 Å². The van der Waals surface area contributed by atoms with Gasteiger partial charge in [0.1, 0.15) is 24.2 Å². The second kappa shape index (κ2) is 8.86. The number of amides is 1. The van der Waals surface area contributed by atoms with Crippen LogP contribution in [0, 0.1) is 0 Å². The zero-order chi connectivity index (χ0) is 20.9. The molecule has 0 aliphatic carbocycles. The lowest BCUT2D eigenvalue weighted by molar-refractivity contribution is 0.102. The molecule has 6 heteroatoms. The third kappa shape index (κ3) is 4.54. The molecule has 0 fully saturated rings. The lowest BCUT2D eigenvalue weighted by Gasteiger charge is -2.14. The van der Waals surface area contributed by atoms with E-state index in [1.165, 1.54) is 0 Å². The van der Waals surface area contributed by atoms with Crippen LogP contribution in [0.5, 0.6) is 17.4 Å². The smallest absolute Gasteiger partial charge is 0.256 e. The van der Waals surface area contributed by atoms with E-state index in [2.05, 4.69) is 10.3 Å². The Morgan fingerprint density at radius 3 is 2.80 bits per heavy atom. The van der Waals surface area contributed by atoms with E-state index in [9.17, 15) is 4.79 Å². The number of hydrogen-bond acceptors (Lipinski definition) is 5. The number of rotatable bonds is 7. The summed E-state index contributed by atoms with van der Waals surface area (Å²) in [5.74, 6) is 1.54. The molecule has 1 amide bonds. The van der Waals surface area contributed by atoms with Gasteiger partial charge in [0.05, 0.1) is 12.3 Å². The van der Waals surface area contributed by atoms with Gasteiger partial charge < -0.3 is 19.5 Å². The molecular formula is C24H24N2O4. The van der Waals surface area contributed by atoms with Gasteiger partial charge in [-0.15, -0.1) is 0 Å². The number of aromatic nitrogens is 1. The molecule has 1 atom stereocenters. The summed E-state index contributed by atoms with van der Waals surface area (Å²) in [4.78, 5) is 17.1. The molecule has 0 saturated carbocycles. The highest BCUT2D eigenvalue weighted by Crippen LogP contribution is 2.38. The Morgan fingerprint density at radius 1 is 1.17 bits per heavy atom. The Hall–Kier alpha value is -3.54. The van der Waals surface area contributed by atoms with Crippen molar-refractivity contribution in [1.82, 2.24) is 4.98 Å². The third-order valence-corrected chi connectivity index (χ3v) is 4.77. The molecule has 1 aliphatic rings. The number of carbonyl (C=O) groups excluding carboxylic acids is 1. The van der Waals surface area contributed by atoms with Crippen LogP contribution in [0.1, 0.15) is 35.3 Å². The van der Waals surface area contributed by atoms with Crippen LogP contribution in [0.4, 0.5) is 5.69 Å². The molecule has 2 aromatic carbocycles. The fourth-order valence-corrected chi connectivity index (χ4v) is 3.37. The van der Waals surface area contributed by atoms with Crippen LogP contribution >= 0.6 is 0 Å². The average molecular weight is 404 g/mol. The number of nitrogens with zero attached hydrogens (tertiary/aromatic N) is 1. The van der Waals surface area contributed by atoms with Gasteiger partial charge in [-0.25, -0.2) is 4.98 Å². The van der Waals surface area contributed by atoms with Gasteiger partial charge in [0.15, 0.2) is 0 Å². The number of carbonyl (C=O) groups is 1. The van der Waals surface area contributed by atoms with Crippen molar-refractivity contribution < 1.29 is 19.0 Å². The minimum Gasteiger partial charge on any atom is -0.492 e. The molecule has 0 saturated heterocycles. The molecule has 1 aromatic heterocycles. The van der Waals surface area contributed by atoms with Crippen LogP contribution in [0.15, 0.2) is 60.8 Å². The van der Waals surface area contributed by atoms with Gasteiger partial charge in [0.2, 0.25) is 5.88 Å². The molecular weight excluding hydrogens is 380 g/mol. The van der Waals surface area contributed by atoms with Crippen molar-refractivity contribution in [3.8, 4) is 17.4 Å². The number of anilines is 1. The molecule has 6 nitrogen and oxygen atoms in total. The summed E-state index contributed by atoms with van der Waals surface area (Å²) in [6.45, 7) is 4.82. The molecule has 4 rings (SSSR count). The Bertz CT molecular complexity index is 1040. The van der Waals surface area contributed by atoms with Crippen LogP contribution in [-0.2, 0) is 13.0 Å². The van der Waals surface area contributed by atoms with Crippen molar-refractivity contribution in [2.75, 3.05) is 11.9 Å². The van der Waals surface area contributed by atoms with Gasteiger partial charge in [-0.05, 0) is 31.5 Å². The second-order valence-electron chi connectivity index (χ2n) is 7.13. The van der Waals surface area contributed by atoms with Gasteiger partial charge in [-0.3, -0.25) is 4.79 Å². The van der Waals surface area contributed by atoms with Crippen LogP contribution < -0.4 is 19.5 Å². The Morgan fingerprint density at radius 2 is 2.00 bits per heavy atom. The fraction of sp³-hybridized carbons (Fsp3) is 0.250. The first-order valence-electron chi connectivity index (χ1n) is 10.0. The van der Waals surface area contributed by atoms with E-state index in [0.29, 0.717) is 36.1 Å². The van der Waals surface area contributed by atoms with Crippen molar-refractivity contribution in [2.24, 2.45) is 0 Å². The molecule has 0 bridgehead atoms. The lowest BCUT2D eigenvalue weighted by Crippen LogP contribution is -2.13. The molecule has 30 heavy (non-hydrogen) atoms. The average Bonchev–Trinajstić information content (AvgIpc) is 3.12. The fourth-order valence-electron chi connectivity index (χ4n) is 3.37. The van der Waals surface area contributed by atoms with Crippen molar-refractivity contribution in [3.05, 3.63) is 77.5 Å². The summed E-state index contributed by atoms with van der Waals surface area (Å²) in [5.41, 5.74) is 3.15. The molecule has 0 spiro atoms. The highest BCUT2D eigenvalue weighted by molar-refractivity contribution is 6.05. The first-order chi connectivity index (χ1) is 14.6. The first kappa shape index (κ1) is 19.8. The number of pyridine rings is 1. The summed E-state index contributed by atoms with van der Waals surface area (Å²) in [6.07, 6.45) is 2.51. The highest BCUT2D eigenvalue weighted by Gasteiger charge is 2.23. The number of fused-ring (bicyclic) bond motifs is 1. The number of nitrogens with one attached hydrogen (secondary N) is 1. The van der Waals surface area contributed by atoms with E-state index in [1.54, 1.807) is 18.3 Å². The van der Waals surface area contributed by atoms with Gasteiger partial charge in [-0.1, -0.05) is 30.3 Å². The van der Waals surface area contributed by atoms with Gasteiger partial charge >= 0.3 is 0 Å². The number of ether oxygens (including phenoxy) is 3. The summed E-state index contributed by atoms with van der Waals surface area (Å²) >= 11 is 0. The zero-order valence-electron chi connectivity index (χ0n) is 17.1. The summed E-state index contributed by atoms with van der Waals surface area (Å²) in [5, 5.41) is 2.93. The van der Waals surface area contributed by atoms with Gasteiger partial charge in [0.25, 0.3) is 5.91 Å². The van der Waals surface area contributed by atoms with Gasteiger partial charge in [-0.2, -0.15) is 0 Å². The van der Waals surface area contributed by atoms with E-state index in [-0.39, 0.29) is 12.0 Å². The van der Waals surface area contributed by atoms with Crippen LogP contribution in [0.3, 0.4) is 0 Å². The van der Waals surface area contributed by atoms with Crippen LogP contribution in [0.25, 0.3) is 0 Å². The maximum atomic E-state index is 12.9. The lowest BCUT2D eigenvalue weighted by atomic mass is 10.1. The third-order valence-electron chi connectivity index (χ3n) is 4.77. The Balaban J connectivity index is 1.49. The minimum atomic E-state index is -0.270. The normalized spacial score (nSPS) is 14.5. The largest absolute Gasteiger partial charge is 0.492 e. The Kier molecular flexibility index (Phi) is 5.84. The van der Waals surface area contributed by atoms with E-state index in [4.69, 9.17) is 14.2 Å². The van der Waals surface area contributed by atoms with E-state index in [0.717, 1.165) is 23.3 Å². The maximum absolute atomic E-state index is 12.9. The molecule has 1 unspecified atom stereocenters. The molecule has 0 radical (unpaired) electrons. The van der Waals surface area contributed by atoms with Crippen molar-refractivity contribution in [1.29, 1.82) is 0 Å². The van der Waals surface area contributed by atoms with Crippen molar-refractivity contribution in [3.63, 3.8) is 0 Å². The molecule has 1 aliphatic heterocycles. The molecule has 1 N–H and O–H groups in total. The topological polar surface area (TPSA) is 69.7 Å². The standard InChI is InChI=1S/C24H24N2O4/c1-3-28-22-12-19-11-16(2)30-21(19)14-20(22)26-24(27)18-9-10-25-23(13-18)29-15-17-7-5-4-6-8-17/h4-10,12-14,16H,3,11,15H2,1-2H3,(H,26,27). The minimum absolute atomic E-state index is 0.116. The van der Waals surface area contributed by atoms with E-state index >= 15 is 0 Å². The SMILES string of the molecule is CCOc1cc2c(cc1NC(=O)c1ccnc(OCc3ccccc3)c1)OC(C)C2. The predicted octanol–water partition coefficient (Wildman–Crippen LogP) is 4.64. The highest BCUT2D eigenvalue weighted by atomic mass is 16.5. The quantitative estimate of drug-likeness (QED) is 0.621. The summed E-state index contributed by atoms with van der Waals surface area (Å²) in [6, 6.07) is 16.9. The maximum Gasteiger partial charge on any atom is 0.256 e. The number of hydrogen-bond donors (Lipinski definition) is 1. The zero-order valence-corrected chi connectivity index (χ0v) is 17.1. The van der Waals surface area contributed by atoms with Crippen molar-refractivity contribution >= 4 is 11.6 Å².